The van der Waals surface area contributed by atoms with Gasteiger partial charge >= 0.3 is 0 Å². The van der Waals surface area contributed by atoms with Crippen molar-refractivity contribution in [3.05, 3.63) is 35.9 Å². The Hall–Kier alpha value is -1.26. The van der Waals surface area contributed by atoms with Crippen molar-refractivity contribution in [1.82, 2.24) is 0 Å². The third-order valence-electron chi connectivity index (χ3n) is 2.36. The van der Waals surface area contributed by atoms with E-state index in [0.29, 0.717) is 0 Å². The summed E-state index contributed by atoms with van der Waals surface area (Å²) in [4.78, 5) is 0. The first-order valence-electron chi connectivity index (χ1n) is 6.00. The quantitative estimate of drug-likeness (QED) is 0.685. The highest BCUT2D eigenvalue weighted by Crippen LogP contribution is 2.02. The lowest BCUT2D eigenvalue weighted by Gasteiger charge is -2.09. The summed E-state index contributed by atoms with van der Waals surface area (Å²) < 4.78 is 5.72. The minimum Gasteiger partial charge on any atom is -0.365 e. The van der Waals surface area contributed by atoms with Crippen LogP contribution in [-0.2, 0) is 11.2 Å². The highest BCUT2D eigenvalue weighted by Gasteiger charge is 2.01. The van der Waals surface area contributed by atoms with Gasteiger partial charge in [-0.3, -0.25) is 0 Å². The van der Waals surface area contributed by atoms with Gasteiger partial charge < -0.3 is 4.74 Å². The zero-order chi connectivity index (χ0) is 11.6. The molecule has 1 unspecified atom stereocenters. The van der Waals surface area contributed by atoms with Crippen LogP contribution in [0.4, 0.5) is 0 Å². The lowest BCUT2D eigenvalue weighted by atomic mass is 10.2. The van der Waals surface area contributed by atoms with Gasteiger partial charge in [-0.1, -0.05) is 50.1 Å². The second kappa shape index (κ2) is 7.96. The molecule has 0 saturated carbocycles. The van der Waals surface area contributed by atoms with Crippen LogP contribution in [-0.4, -0.2) is 12.7 Å². The molecule has 1 heteroatoms. The first kappa shape index (κ1) is 12.8. The van der Waals surface area contributed by atoms with Gasteiger partial charge in [-0.2, -0.15) is 0 Å². The van der Waals surface area contributed by atoms with E-state index < -0.39 is 0 Å². The highest BCUT2D eigenvalue weighted by molar-refractivity contribution is 5.14. The predicted molar refractivity (Wildman–Crippen MR) is 68.2 cm³/mol. The summed E-state index contributed by atoms with van der Waals surface area (Å²) >= 11 is 0. The summed E-state index contributed by atoms with van der Waals surface area (Å²) in [6.07, 6.45) is 2.93. The van der Waals surface area contributed by atoms with Gasteiger partial charge in [0.1, 0.15) is 6.10 Å². The van der Waals surface area contributed by atoms with E-state index in [9.17, 15) is 0 Å². The monoisotopic (exact) mass is 216 g/mol. The summed E-state index contributed by atoms with van der Waals surface area (Å²) in [6, 6.07) is 10.4. The molecule has 0 radical (unpaired) electrons. The standard InChI is InChI=1S/C15H20O/c1-3-5-11-15(4-2)16-13-12-14-9-7-6-8-10-14/h6-10,15H,3-4,12-13H2,1-2H3. The largest absolute Gasteiger partial charge is 0.365 e. The molecule has 0 fully saturated rings. The van der Waals surface area contributed by atoms with Crippen LogP contribution in [0.15, 0.2) is 30.3 Å². The van der Waals surface area contributed by atoms with Crippen LogP contribution in [0.5, 0.6) is 0 Å². The van der Waals surface area contributed by atoms with Crippen LogP contribution in [0, 0.1) is 11.8 Å². The van der Waals surface area contributed by atoms with Crippen LogP contribution < -0.4 is 0 Å². The Balaban J connectivity index is 2.28. The first-order chi connectivity index (χ1) is 7.86. The molecular weight excluding hydrogens is 196 g/mol. The van der Waals surface area contributed by atoms with E-state index in [-0.39, 0.29) is 6.10 Å². The summed E-state index contributed by atoms with van der Waals surface area (Å²) in [5.74, 6) is 6.21. The SMILES string of the molecule is CCC#CC(CC)OCCc1ccccc1. The van der Waals surface area contributed by atoms with Crippen LogP contribution in [0.25, 0.3) is 0 Å². The van der Waals surface area contributed by atoms with E-state index >= 15 is 0 Å². The van der Waals surface area contributed by atoms with Gasteiger partial charge in [-0.05, 0) is 18.4 Å². The lowest BCUT2D eigenvalue weighted by molar-refractivity contribution is 0.0915. The normalized spacial score (nSPS) is 11.6. The topological polar surface area (TPSA) is 9.23 Å². The number of hydrogen-bond acceptors (Lipinski definition) is 1. The molecule has 0 amide bonds. The fourth-order valence-electron chi connectivity index (χ4n) is 1.44. The van der Waals surface area contributed by atoms with E-state index in [1.807, 2.05) is 6.07 Å². The molecule has 0 aromatic heterocycles. The molecular formula is C15H20O. The molecule has 0 N–H and O–H groups in total. The van der Waals surface area contributed by atoms with Gasteiger partial charge in [-0.15, -0.1) is 5.92 Å². The molecule has 1 atom stereocenters. The van der Waals surface area contributed by atoms with Crippen LogP contribution >= 0.6 is 0 Å². The molecule has 1 rings (SSSR count). The summed E-state index contributed by atoms with van der Waals surface area (Å²) in [6.45, 7) is 4.92. The van der Waals surface area contributed by atoms with Crippen molar-refractivity contribution in [1.29, 1.82) is 0 Å². The van der Waals surface area contributed by atoms with Crippen molar-refractivity contribution in [2.45, 2.75) is 39.2 Å². The Morgan fingerprint density at radius 3 is 2.56 bits per heavy atom. The molecule has 1 nitrogen and oxygen atoms in total. The van der Waals surface area contributed by atoms with E-state index in [1.165, 1.54) is 5.56 Å². The third kappa shape index (κ3) is 5.00. The average molecular weight is 216 g/mol. The Bertz CT molecular complexity index is 331. The fourth-order valence-corrected chi connectivity index (χ4v) is 1.44. The molecule has 0 aliphatic carbocycles. The van der Waals surface area contributed by atoms with Gasteiger partial charge in [-0.25, -0.2) is 0 Å². The Kier molecular flexibility index (Phi) is 6.37. The zero-order valence-electron chi connectivity index (χ0n) is 10.2. The van der Waals surface area contributed by atoms with Gasteiger partial charge in [0.15, 0.2) is 0 Å². The van der Waals surface area contributed by atoms with Crippen LogP contribution in [0.2, 0.25) is 0 Å². The molecule has 1 aromatic rings. The molecule has 0 aliphatic heterocycles. The Morgan fingerprint density at radius 1 is 1.19 bits per heavy atom. The molecule has 0 saturated heterocycles. The summed E-state index contributed by atoms with van der Waals surface area (Å²) in [5, 5.41) is 0. The maximum Gasteiger partial charge on any atom is 0.117 e. The van der Waals surface area contributed by atoms with Crippen molar-refractivity contribution in [2.24, 2.45) is 0 Å². The number of benzene rings is 1. The summed E-state index contributed by atoms with van der Waals surface area (Å²) in [7, 11) is 0. The number of ether oxygens (including phenoxy) is 1. The maximum absolute atomic E-state index is 5.72. The number of rotatable bonds is 5. The van der Waals surface area contributed by atoms with Gasteiger partial charge in [0, 0.05) is 6.42 Å². The second-order valence-electron chi connectivity index (χ2n) is 3.68. The molecule has 16 heavy (non-hydrogen) atoms. The number of hydrogen-bond donors (Lipinski definition) is 0. The van der Waals surface area contributed by atoms with E-state index in [0.717, 1.165) is 25.9 Å². The van der Waals surface area contributed by atoms with E-state index in [4.69, 9.17) is 4.74 Å². The Labute approximate surface area is 98.8 Å². The molecule has 1 aromatic carbocycles. The maximum atomic E-state index is 5.72. The third-order valence-corrected chi connectivity index (χ3v) is 2.36. The van der Waals surface area contributed by atoms with Crippen molar-refractivity contribution < 1.29 is 4.74 Å². The molecule has 0 spiro atoms. The Morgan fingerprint density at radius 2 is 1.94 bits per heavy atom. The fraction of sp³-hybridized carbons (Fsp3) is 0.467. The second-order valence-corrected chi connectivity index (χ2v) is 3.68. The van der Waals surface area contributed by atoms with Crippen molar-refractivity contribution in [3.8, 4) is 11.8 Å². The molecule has 0 bridgehead atoms. The highest BCUT2D eigenvalue weighted by atomic mass is 16.5. The first-order valence-corrected chi connectivity index (χ1v) is 6.00. The van der Waals surface area contributed by atoms with E-state index in [1.54, 1.807) is 0 Å². The minimum atomic E-state index is 0.101. The van der Waals surface area contributed by atoms with Gasteiger partial charge in [0.2, 0.25) is 0 Å². The molecule has 0 heterocycles. The predicted octanol–water partition coefficient (Wildman–Crippen LogP) is 3.44. The lowest BCUT2D eigenvalue weighted by Crippen LogP contribution is -2.11. The van der Waals surface area contributed by atoms with Gasteiger partial charge in [0.25, 0.3) is 0 Å². The van der Waals surface area contributed by atoms with Crippen molar-refractivity contribution in [3.63, 3.8) is 0 Å². The van der Waals surface area contributed by atoms with E-state index in [2.05, 4.69) is 50.0 Å². The van der Waals surface area contributed by atoms with Crippen molar-refractivity contribution >= 4 is 0 Å². The smallest absolute Gasteiger partial charge is 0.117 e. The molecule has 86 valence electrons. The average Bonchev–Trinajstić information content (AvgIpc) is 2.35. The summed E-state index contributed by atoms with van der Waals surface area (Å²) in [5.41, 5.74) is 1.32. The van der Waals surface area contributed by atoms with Crippen molar-refractivity contribution in [2.75, 3.05) is 6.61 Å². The van der Waals surface area contributed by atoms with Crippen LogP contribution in [0.3, 0.4) is 0 Å². The van der Waals surface area contributed by atoms with Gasteiger partial charge in [0.05, 0.1) is 6.61 Å². The van der Waals surface area contributed by atoms with Crippen LogP contribution in [0.1, 0.15) is 32.3 Å². The zero-order valence-corrected chi connectivity index (χ0v) is 10.2. The molecule has 0 aliphatic rings. The minimum absolute atomic E-state index is 0.101.